The molecule has 1 aliphatic carbocycles. The lowest BCUT2D eigenvalue weighted by atomic mass is 9.96. The average Bonchev–Trinajstić information content (AvgIpc) is 2.34. The molecule has 0 bridgehead atoms. The highest BCUT2D eigenvalue weighted by atomic mass is 16.5. The van der Waals surface area contributed by atoms with Crippen molar-refractivity contribution in [3.8, 4) is 5.88 Å². The minimum absolute atomic E-state index is 0.395. The van der Waals surface area contributed by atoms with Gasteiger partial charge in [-0.1, -0.05) is 20.8 Å². The Labute approximate surface area is 116 Å². The third kappa shape index (κ3) is 4.20. The van der Waals surface area contributed by atoms with E-state index in [1.807, 2.05) is 0 Å². The van der Waals surface area contributed by atoms with Gasteiger partial charge in [-0.2, -0.15) is 0 Å². The standard InChI is InChI=1S/C16H26N2O/c1-4-8-17-11-13-9-15(12(2)3)18-16(10-13)19-14-6-5-7-14/h9-10,12,14,17H,4-8,11H2,1-3H3. The van der Waals surface area contributed by atoms with Gasteiger partial charge in [0.15, 0.2) is 0 Å². The lowest BCUT2D eigenvalue weighted by molar-refractivity contribution is 0.114. The predicted molar refractivity (Wildman–Crippen MR) is 78.6 cm³/mol. The van der Waals surface area contributed by atoms with Crippen molar-refractivity contribution < 1.29 is 4.74 Å². The fourth-order valence-electron chi connectivity index (χ4n) is 2.11. The fourth-order valence-corrected chi connectivity index (χ4v) is 2.11. The molecule has 106 valence electrons. The maximum atomic E-state index is 5.95. The topological polar surface area (TPSA) is 34.1 Å². The summed E-state index contributed by atoms with van der Waals surface area (Å²) in [7, 11) is 0. The Hall–Kier alpha value is -1.09. The lowest BCUT2D eigenvalue weighted by Gasteiger charge is -2.26. The number of pyridine rings is 1. The quantitative estimate of drug-likeness (QED) is 0.762. The second-order valence-corrected chi connectivity index (χ2v) is 5.74. The number of rotatable bonds is 7. The number of nitrogens with zero attached hydrogens (tertiary/aromatic N) is 1. The lowest BCUT2D eigenvalue weighted by Crippen LogP contribution is -2.25. The van der Waals surface area contributed by atoms with E-state index in [9.17, 15) is 0 Å². The van der Waals surface area contributed by atoms with Gasteiger partial charge in [0.1, 0.15) is 6.10 Å². The van der Waals surface area contributed by atoms with Crippen LogP contribution in [0, 0.1) is 0 Å². The van der Waals surface area contributed by atoms with Crippen LogP contribution in [0.15, 0.2) is 12.1 Å². The van der Waals surface area contributed by atoms with Gasteiger partial charge in [-0.05, 0) is 49.8 Å². The molecule has 0 amide bonds. The number of aromatic nitrogens is 1. The van der Waals surface area contributed by atoms with Gasteiger partial charge in [-0.25, -0.2) is 4.98 Å². The zero-order valence-corrected chi connectivity index (χ0v) is 12.4. The molecule has 19 heavy (non-hydrogen) atoms. The molecule has 1 aromatic rings. The smallest absolute Gasteiger partial charge is 0.214 e. The van der Waals surface area contributed by atoms with Crippen molar-refractivity contribution in [2.45, 2.75) is 65.0 Å². The summed E-state index contributed by atoms with van der Waals surface area (Å²) >= 11 is 0. The summed E-state index contributed by atoms with van der Waals surface area (Å²) in [6.07, 6.45) is 5.20. The van der Waals surface area contributed by atoms with Gasteiger partial charge in [0.2, 0.25) is 5.88 Å². The number of hydrogen-bond donors (Lipinski definition) is 1. The molecule has 3 heteroatoms. The fraction of sp³-hybridized carbons (Fsp3) is 0.688. The Morgan fingerprint density at radius 3 is 2.74 bits per heavy atom. The first-order chi connectivity index (χ1) is 9.19. The summed E-state index contributed by atoms with van der Waals surface area (Å²) < 4.78 is 5.95. The molecule has 0 saturated heterocycles. The second-order valence-electron chi connectivity index (χ2n) is 5.74. The van der Waals surface area contributed by atoms with Crippen molar-refractivity contribution in [1.29, 1.82) is 0 Å². The first-order valence-electron chi connectivity index (χ1n) is 7.57. The van der Waals surface area contributed by atoms with Crippen LogP contribution in [-0.2, 0) is 6.54 Å². The highest BCUT2D eigenvalue weighted by Gasteiger charge is 2.20. The molecule has 1 N–H and O–H groups in total. The van der Waals surface area contributed by atoms with Gasteiger partial charge < -0.3 is 10.1 Å². The van der Waals surface area contributed by atoms with Crippen molar-refractivity contribution in [2.75, 3.05) is 6.54 Å². The molecule has 0 aliphatic heterocycles. The van der Waals surface area contributed by atoms with Crippen molar-refractivity contribution >= 4 is 0 Å². The minimum atomic E-state index is 0.395. The van der Waals surface area contributed by atoms with Gasteiger partial charge in [-0.3, -0.25) is 0 Å². The van der Waals surface area contributed by atoms with E-state index in [1.165, 1.54) is 24.8 Å². The van der Waals surface area contributed by atoms with Crippen LogP contribution in [-0.4, -0.2) is 17.6 Å². The van der Waals surface area contributed by atoms with Crippen molar-refractivity contribution in [3.05, 3.63) is 23.4 Å². The van der Waals surface area contributed by atoms with E-state index in [4.69, 9.17) is 4.74 Å². The van der Waals surface area contributed by atoms with Crippen LogP contribution in [0.3, 0.4) is 0 Å². The number of nitrogens with one attached hydrogen (secondary N) is 1. The van der Waals surface area contributed by atoms with Crippen LogP contribution < -0.4 is 10.1 Å². The average molecular weight is 262 g/mol. The van der Waals surface area contributed by atoms with Crippen LogP contribution in [0.25, 0.3) is 0 Å². The molecule has 0 unspecified atom stereocenters. The highest BCUT2D eigenvalue weighted by molar-refractivity contribution is 5.27. The van der Waals surface area contributed by atoms with E-state index in [2.05, 4.69) is 43.2 Å². The van der Waals surface area contributed by atoms with Crippen molar-refractivity contribution in [1.82, 2.24) is 10.3 Å². The Balaban J connectivity index is 2.07. The molecule has 1 aromatic heterocycles. The predicted octanol–water partition coefficient (Wildman–Crippen LogP) is 3.64. The van der Waals surface area contributed by atoms with Gasteiger partial charge >= 0.3 is 0 Å². The van der Waals surface area contributed by atoms with Gasteiger partial charge in [0, 0.05) is 18.3 Å². The van der Waals surface area contributed by atoms with E-state index in [0.29, 0.717) is 12.0 Å². The second kappa shape index (κ2) is 6.90. The van der Waals surface area contributed by atoms with E-state index in [0.717, 1.165) is 31.1 Å². The molecule has 1 fully saturated rings. The number of hydrogen-bond acceptors (Lipinski definition) is 3. The summed E-state index contributed by atoms with van der Waals surface area (Å²) in [6.45, 7) is 8.50. The molecular formula is C16H26N2O. The molecule has 0 spiro atoms. The van der Waals surface area contributed by atoms with Crippen LogP contribution in [0.4, 0.5) is 0 Å². The van der Waals surface area contributed by atoms with E-state index in [-0.39, 0.29) is 0 Å². The van der Waals surface area contributed by atoms with Crippen LogP contribution in [0.2, 0.25) is 0 Å². The van der Waals surface area contributed by atoms with Gasteiger partial charge in [0.05, 0.1) is 0 Å². The summed E-state index contributed by atoms with van der Waals surface area (Å²) in [4.78, 5) is 4.63. The summed E-state index contributed by atoms with van der Waals surface area (Å²) in [6, 6.07) is 4.29. The first-order valence-corrected chi connectivity index (χ1v) is 7.57. The zero-order valence-electron chi connectivity index (χ0n) is 12.4. The molecule has 0 aromatic carbocycles. The maximum absolute atomic E-state index is 5.95. The maximum Gasteiger partial charge on any atom is 0.214 e. The molecule has 1 aliphatic rings. The van der Waals surface area contributed by atoms with E-state index < -0.39 is 0 Å². The molecule has 1 heterocycles. The van der Waals surface area contributed by atoms with Gasteiger partial charge in [-0.15, -0.1) is 0 Å². The van der Waals surface area contributed by atoms with E-state index >= 15 is 0 Å². The molecule has 0 atom stereocenters. The monoisotopic (exact) mass is 262 g/mol. The Bertz CT molecular complexity index is 400. The van der Waals surface area contributed by atoms with E-state index in [1.54, 1.807) is 0 Å². The van der Waals surface area contributed by atoms with Gasteiger partial charge in [0.25, 0.3) is 0 Å². The Kier molecular flexibility index (Phi) is 5.20. The molecule has 1 saturated carbocycles. The zero-order chi connectivity index (χ0) is 13.7. The molecular weight excluding hydrogens is 236 g/mol. The Morgan fingerprint density at radius 2 is 2.16 bits per heavy atom. The SMILES string of the molecule is CCCNCc1cc(OC2CCC2)nc(C(C)C)c1. The van der Waals surface area contributed by atoms with Crippen molar-refractivity contribution in [2.24, 2.45) is 0 Å². The highest BCUT2D eigenvalue weighted by Crippen LogP contribution is 2.26. The normalized spacial score (nSPS) is 15.6. The molecule has 0 radical (unpaired) electrons. The molecule has 3 nitrogen and oxygen atoms in total. The van der Waals surface area contributed by atoms with Crippen molar-refractivity contribution in [3.63, 3.8) is 0 Å². The largest absolute Gasteiger partial charge is 0.474 e. The summed E-state index contributed by atoms with van der Waals surface area (Å²) in [5.74, 6) is 1.25. The Morgan fingerprint density at radius 1 is 1.37 bits per heavy atom. The van der Waals surface area contributed by atoms with Crippen LogP contribution >= 0.6 is 0 Å². The summed E-state index contributed by atoms with van der Waals surface area (Å²) in [5, 5.41) is 3.44. The third-order valence-electron chi connectivity index (χ3n) is 3.57. The molecule has 2 rings (SSSR count). The van der Waals surface area contributed by atoms with Crippen LogP contribution in [0.1, 0.15) is 63.6 Å². The first kappa shape index (κ1) is 14.3. The third-order valence-corrected chi connectivity index (χ3v) is 3.57. The van der Waals surface area contributed by atoms with Crippen LogP contribution in [0.5, 0.6) is 5.88 Å². The minimum Gasteiger partial charge on any atom is -0.474 e. The number of ether oxygens (including phenoxy) is 1. The summed E-state index contributed by atoms with van der Waals surface area (Å²) in [5.41, 5.74) is 2.41.